The summed E-state index contributed by atoms with van der Waals surface area (Å²) in [5.41, 5.74) is 0. The number of nitrogens with one attached hydrogen (secondary N) is 1. The van der Waals surface area contributed by atoms with Crippen LogP contribution in [0.5, 0.6) is 0 Å². The molecule has 4 nitrogen and oxygen atoms in total. The van der Waals surface area contributed by atoms with E-state index in [0.29, 0.717) is 31.8 Å². The average molecular weight is 238 g/mol. The third kappa shape index (κ3) is 4.21. The molecule has 0 aromatic carbocycles. The van der Waals surface area contributed by atoms with Gasteiger partial charge in [-0.2, -0.15) is 0 Å². The van der Waals surface area contributed by atoms with E-state index in [-0.39, 0.29) is 17.9 Å². The van der Waals surface area contributed by atoms with Crippen LogP contribution in [0, 0.1) is 5.92 Å². The molecule has 1 saturated heterocycles. The normalized spacial score (nSPS) is 22.1. The molecule has 1 aliphatic rings. The number of carbonyl (C=O) groups is 2. The van der Waals surface area contributed by atoms with Crippen LogP contribution < -0.4 is 5.32 Å². The van der Waals surface area contributed by atoms with Gasteiger partial charge in [-0.05, 0) is 19.3 Å². The highest BCUT2D eigenvalue weighted by molar-refractivity contribution is 5.90. The highest BCUT2D eigenvalue weighted by Gasteiger charge is 2.29. The van der Waals surface area contributed by atoms with E-state index in [1.165, 1.54) is 0 Å². The Balaban J connectivity index is 2.73. The second kappa shape index (κ2) is 6.42. The summed E-state index contributed by atoms with van der Waals surface area (Å²) in [6, 6.07) is -0.352. The van der Waals surface area contributed by atoms with E-state index in [9.17, 15) is 9.59 Å². The Hall–Kier alpha value is -1.32. The molecule has 1 heterocycles. The summed E-state index contributed by atoms with van der Waals surface area (Å²) >= 11 is 0. The first kappa shape index (κ1) is 13.7. The van der Waals surface area contributed by atoms with Crippen molar-refractivity contribution in [2.75, 3.05) is 13.1 Å². The molecule has 1 aliphatic heterocycles. The van der Waals surface area contributed by atoms with Crippen molar-refractivity contribution in [2.45, 2.75) is 39.7 Å². The molecule has 1 unspecified atom stereocenters. The quantitative estimate of drug-likeness (QED) is 0.751. The summed E-state index contributed by atoms with van der Waals surface area (Å²) in [5, 5.41) is 2.81. The van der Waals surface area contributed by atoms with Crippen LogP contribution in [0.15, 0.2) is 12.2 Å². The number of rotatable bonds is 4. The van der Waals surface area contributed by atoms with Gasteiger partial charge in [-0.15, -0.1) is 0 Å². The molecular formula is C13H22N2O2. The van der Waals surface area contributed by atoms with Crippen LogP contribution in [0.3, 0.4) is 0 Å². The van der Waals surface area contributed by atoms with E-state index in [2.05, 4.69) is 19.2 Å². The molecular weight excluding hydrogens is 216 g/mol. The Morgan fingerprint density at radius 3 is 2.76 bits per heavy atom. The number of amides is 2. The molecule has 96 valence electrons. The molecule has 1 fully saturated rings. The number of carbonyl (C=O) groups excluding carboxylic acids is 2. The Labute approximate surface area is 103 Å². The highest BCUT2D eigenvalue weighted by atomic mass is 16.2. The lowest BCUT2D eigenvalue weighted by molar-refractivity contribution is -0.133. The topological polar surface area (TPSA) is 49.4 Å². The van der Waals surface area contributed by atoms with Gasteiger partial charge in [0.1, 0.15) is 6.04 Å². The van der Waals surface area contributed by atoms with Crippen LogP contribution in [0.1, 0.15) is 33.6 Å². The molecule has 0 bridgehead atoms. The monoisotopic (exact) mass is 238 g/mol. The van der Waals surface area contributed by atoms with Crippen molar-refractivity contribution in [2.24, 2.45) is 5.92 Å². The van der Waals surface area contributed by atoms with E-state index in [0.717, 1.165) is 0 Å². The molecule has 4 heteroatoms. The fraction of sp³-hybridized carbons (Fsp3) is 0.692. The minimum atomic E-state index is -0.352. The molecule has 1 rings (SSSR count). The average Bonchev–Trinajstić information content (AvgIpc) is 2.38. The van der Waals surface area contributed by atoms with E-state index in [1.54, 1.807) is 4.90 Å². The molecule has 0 aromatic rings. The fourth-order valence-electron chi connectivity index (χ4n) is 1.94. The zero-order valence-electron chi connectivity index (χ0n) is 10.9. The summed E-state index contributed by atoms with van der Waals surface area (Å²) < 4.78 is 0. The highest BCUT2D eigenvalue weighted by Crippen LogP contribution is 2.11. The molecule has 0 aliphatic carbocycles. The van der Waals surface area contributed by atoms with Crippen molar-refractivity contribution in [3.8, 4) is 0 Å². The Bertz CT molecular complexity index is 311. The van der Waals surface area contributed by atoms with Crippen molar-refractivity contribution in [3.05, 3.63) is 12.2 Å². The smallest absolute Gasteiger partial charge is 0.245 e. The molecule has 0 radical (unpaired) electrons. The minimum Gasteiger partial charge on any atom is -0.344 e. The molecule has 0 aromatic heterocycles. The molecule has 1 N–H and O–H groups in total. The zero-order valence-corrected chi connectivity index (χ0v) is 10.9. The maximum absolute atomic E-state index is 12.2. The van der Waals surface area contributed by atoms with Crippen LogP contribution in [0.4, 0.5) is 0 Å². The third-order valence-corrected chi connectivity index (χ3v) is 2.82. The Kier molecular flexibility index (Phi) is 5.19. The summed E-state index contributed by atoms with van der Waals surface area (Å²) in [6.07, 6.45) is 4.97. The summed E-state index contributed by atoms with van der Waals surface area (Å²) in [7, 11) is 0. The fourth-order valence-corrected chi connectivity index (χ4v) is 1.94. The minimum absolute atomic E-state index is 0.0213. The number of allylic oxidation sites excluding steroid dienone is 1. The lowest BCUT2D eigenvalue weighted by Crippen LogP contribution is -2.45. The van der Waals surface area contributed by atoms with Crippen LogP contribution in [0.2, 0.25) is 0 Å². The standard InChI is InChI=1S/C13H22N2O2/c1-4-5-7-15-8-6-12(16)14-11(13(15)17)9-10(2)3/h4-5,10-11H,6-9H2,1-3H3,(H,14,16)/b5-4+. The van der Waals surface area contributed by atoms with Crippen LogP contribution >= 0.6 is 0 Å². The summed E-state index contributed by atoms with van der Waals surface area (Å²) in [6.45, 7) is 7.15. The van der Waals surface area contributed by atoms with Crippen LogP contribution in [-0.4, -0.2) is 35.8 Å². The van der Waals surface area contributed by atoms with Crippen molar-refractivity contribution in [1.82, 2.24) is 10.2 Å². The maximum Gasteiger partial charge on any atom is 0.245 e. The van der Waals surface area contributed by atoms with Crippen LogP contribution in [0.25, 0.3) is 0 Å². The van der Waals surface area contributed by atoms with Gasteiger partial charge in [-0.1, -0.05) is 26.0 Å². The third-order valence-electron chi connectivity index (χ3n) is 2.82. The van der Waals surface area contributed by atoms with Crippen molar-refractivity contribution < 1.29 is 9.59 Å². The number of hydrogen-bond donors (Lipinski definition) is 1. The van der Waals surface area contributed by atoms with Crippen LogP contribution in [-0.2, 0) is 9.59 Å². The van der Waals surface area contributed by atoms with Gasteiger partial charge in [0.25, 0.3) is 0 Å². The molecule has 1 atom stereocenters. The van der Waals surface area contributed by atoms with Gasteiger partial charge in [0.2, 0.25) is 11.8 Å². The van der Waals surface area contributed by atoms with Gasteiger partial charge in [-0.3, -0.25) is 9.59 Å². The zero-order chi connectivity index (χ0) is 12.8. The second-order valence-electron chi connectivity index (χ2n) is 4.85. The first-order valence-electron chi connectivity index (χ1n) is 6.24. The van der Waals surface area contributed by atoms with Gasteiger partial charge >= 0.3 is 0 Å². The predicted octanol–water partition coefficient (Wildman–Crippen LogP) is 1.33. The molecule has 0 saturated carbocycles. The van der Waals surface area contributed by atoms with Crippen molar-refractivity contribution in [3.63, 3.8) is 0 Å². The van der Waals surface area contributed by atoms with Gasteiger partial charge in [-0.25, -0.2) is 0 Å². The summed E-state index contributed by atoms with van der Waals surface area (Å²) in [5.74, 6) is 0.417. The number of nitrogens with zero attached hydrogens (tertiary/aromatic N) is 1. The molecule has 17 heavy (non-hydrogen) atoms. The SMILES string of the molecule is C/C=C/CN1CCC(=O)NC(CC(C)C)C1=O. The lowest BCUT2D eigenvalue weighted by atomic mass is 10.0. The van der Waals surface area contributed by atoms with E-state index in [4.69, 9.17) is 0 Å². The van der Waals surface area contributed by atoms with Gasteiger partial charge in [0.05, 0.1) is 0 Å². The Morgan fingerprint density at radius 2 is 2.18 bits per heavy atom. The van der Waals surface area contributed by atoms with Crippen molar-refractivity contribution >= 4 is 11.8 Å². The largest absolute Gasteiger partial charge is 0.344 e. The van der Waals surface area contributed by atoms with E-state index >= 15 is 0 Å². The lowest BCUT2D eigenvalue weighted by Gasteiger charge is -2.23. The van der Waals surface area contributed by atoms with E-state index < -0.39 is 0 Å². The summed E-state index contributed by atoms with van der Waals surface area (Å²) in [4.78, 5) is 25.5. The first-order chi connectivity index (χ1) is 8.04. The maximum atomic E-state index is 12.2. The molecule has 0 spiro atoms. The van der Waals surface area contributed by atoms with Gasteiger partial charge in [0, 0.05) is 19.5 Å². The first-order valence-corrected chi connectivity index (χ1v) is 6.24. The Morgan fingerprint density at radius 1 is 1.47 bits per heavy atom. The molecule has 2 amide bonds. The predicted molar refractivity (Wildman–Crippen MR) is 67.4 cm³/mol. The van der Waals surface area contributed by atoms with E-state index in [1.807, 2.05) is 19.1 Å². The second-order valence-corrected chi connectivity index (χ2v) is 4.85. The van der Waals surface area contributed by atoms with Gasteiger partial charge in [0.15, 0.2) is 0 Å². The number of hydrogen-bond acceptors (Lipinski definition) is 2. The van der Waals surface area contributed by atoms with Gasteiger partial charge < -0.3 is 10.2 Å². The van der Waals surface area contributed by atoms with Crippen molar-refractivity contribution in [1.29, 1.82) is 0 Å².